The zero-order valence-corrected chi connectivity index (χ0v) is 10.1. The van der Waals surface area contributed by atoms with Crippen molar-refractivity contribution < 1.29 is 18.3 Å². The van der Waals surface area contributed by atoms with Gasteiger partial charge in [0.2, 0.25) is 0 Å². The molecule has 10 heavy (non-hydrogen) atoms. The van der Waals surface area contributed by atoms with Crippen molar-refractivity contribution in [3.63, 3.8) is 0 Å². The van der Waals surface area contributed by atoms with Crippen LogP contribution < -0.4 is 0 Å². The molecule has 0 aromatic heterocycles. The molecule has 0 bridgehead atoms. The molecule has 10 heteroatoms. The Hall–Kier alpha value is 2.17. The summed E-state index contributed by atoms with van der Waals surface area (Å²) in [5.41, 5.74) is 0. The first-order chi connectivity index (χ1) is 3.84. The van der Waals surface area contributed by atoms with Crippen LogP contribution in [0.2, 0.25) is 0 Å². The predicted octanol–water partition coefficient (Wildman–Crippen LogP) is 3.88. The summed E-state index contributed by atoms with van der Waals surface area (Å²) in [6.45, 7) is 0. The minimum absolute atomic E-state index is 3.45. The normalized spacial score (nSPS) is 24.0. The molecular formula is Cl6O3Ti. The molecule has 0 saturated heterocycles. The SMILES string of the molecule is [O]=[Ti]([Cl])([Cl])([Cl])([Cl])([O]Cl)[O]Cl. The van der Waals surface area contributed by atoms with Gasteiger partial charge in [-0.2, -0.15) is 0 Å². The van der Waals surface area contributed by atoms with E-state index in [0.717, 1.165) is 0 Å². The van der Waals surface area contributed by atoms with Gasteiger partial charge < -0.3 is 0 Å². The average molecular weight is 309 g/mol. The molecule has 64 valence electrons. The van der Waals surface area contributed by atoms with Crippen molar-refractivity contribution >= 4 is 61.0 Å². The third-order valence-corrected chi connectivity index (χ3v) is 10.2. The Labute approximate surface area is 78.4 Å². The van der Waals surface area contributed by atoms with Crippen molar-refractivity contribution in [3.05, 3.63) is 0 Å². The summed E-state index contributed by atoms with van der Waals surface area (Å²) in [4.78, 5) is 0. The number of hydrogen-bond donors (Lipinski definition) is 0. The summed E-state index contributed by atoms with van der Waals surface area (Å²) in [6, 6.07) is 0. The van der Waals surface area contributed by atoms with E-state index in [1.807, 2.05) is 0 Å². The summed E-state index contributed by atoms with van der Waals surface area (Å²) in [6.07, 6.45) is 0. The molecule has 0 saturated carbocycles. The van der Waals surface area contributed by atoms with Gasteiger partial charge in [0.15, 0.2) is 0 Å². The molecule has 0 N–H and O–H groups in total. The summed E-state index contributed by atoms with van der Waals surface area (Å²) in [5, 5.41) is 0. The molecule has 0 atom stereocenters. The second-order valence-electron chi connectivity index (χ2n) is 1.76. The average Bonchev–Trinajstić information content (AvgIpc) is 1.66. The van der Waals surface area contributed by atoms with Gasteiger partial charge in [-0.05, 0) is 0 Å². The first kappa shape index (κ1) is 12.2. The van der Waals surface area contributed by atoms with Crippen molar-refractivity contribution in [2.24, 2.45) is 0 Å². The van der Waals surface area contributed by atoms with Gasteiger partial charge in [-0.3, -0.25) is 0 Å². The first-order valence-electron chi connectivity index (χ1n) is 1.68. The number of halogens is 6. The van der Waals surface area contributed by atoms with Crippen molar-refractivity contribution in [1.82, 2.24) is 0 Å². The van der Waals surface area contributed by atoms with Crippen molar-refractivity contribution in [2.75, 3.05) is 0 Å². The van der Waals surface area contributed by atoms with Gasteiger partial charge in [-0.1, -0.05) is 0 Å². The minimum atomic E-state index is -7.68. The van der Waals surface area contributed by atoms with Crippen LogP contribution in [0, 0.1) is 0 Å². The Morgan fingerprint density at radius 3 is 1.10 bits per heavy atom. The van der Waals surface area contributed by atoms with E-state index in [-0.39, 0.29) is 0 Å². The second kappa shape index (κ2) is 1.83. The third-order valence-electron chi connectivity index (χ3n) is 0.359. The fourth-order valence-corrected chi connectivity index (χ4v) is 0.442. The van der Waals surface area contributed by atoms with Crippen LogP contribution in [0.5, 0.6) is 0 Å². The van der Waals surface area contributed by atoms with Gasteiger partial charge in [-0.25, -0.2) is 0 Å². The van der Waals surface area contributed by atoms with Crippen LogP contribution in [0.25, 0.3) is 0 Å². The Bertz CT molecular complexity index is 234. The van der Waals surface area contributed by atoms with Crippen LogP contribution in [-0.2, 0) is 18.3 Å². The molecule has 0 radical (unpaired) electrons. The number of hydrogen-bond acceptors (Lipinski definition) is 3. The monoisotopic (exact) mass is 306 g/mol. The molecule has 0 aromatic rings. The van der Waals surface area contributed by atoms with Crippen LogP contribution in [0.4, 0.5) is 0 Å². The van der Waals surface area contributed by atoms with Crippen LogP contribution in [0.1, 0.15) is 0 Å². The second-order valence-corrected chi connectivity index (χ2v) is 30.3. The number of rotatable bonds is 2. The van der Waals surface area contributed by atoms with E-state index in [9.17, 15) is 3.32 Å². The molecular weight excluding hydrogens is 309 g/mol. The van der Waals surface area contributed by atoms with E-state index in [0.29, 0.717) is 0 Å². The predicted molar refractivity (Wildman–Crippen MR) is 38.0 cm³/mol. The van der Waals surface area contributed by atoms with E-state index >= 15 is 0 Å². The van der Waals surface area contributed by atoms with Crippen molar-refractivity contribution in [2.45, 2.75) is 0 Å². The Balaban J connectivity index is 5.58. The zero-order valence-electron chi connectivity index (χ0n) is 3.99. The Kier molecular flexibility index (Phi) is 2.22. The zero-order chi connectivity index (χ0) is 8.79. The maximum atomic E-state index is 11.1. The van der Waals surface area contributed by atoms with Crippen LogP contribution in [0.15, 0.2) is 0 Å². The topological polar surface area (TPSA) is 35.5 Å². The molecule has 0 aliphatic carbocycles. The molecule has 0 fully saturated rings. The van der Waals surface area contributed by atoms with Gasteiger partial charge in [0.05, 0.1) is 0 Å². The summed E-state index contributed by atoms with van der Waals surface area (Å²) >= 11 is 9.09. The van der Waals surface area contributed by atoms with Gasteiger partial charge in [0.25, 0.3) is 0 Å². The molecule has 0 amide bonds. The maximum absolute atomic E-state index is 11.1. The van der Waals surface area contributed by atoms with E-state index in [1.165, 1.54) is 0 Å². The Morgan fingerprint density at radius 1 is 0.900 bits per heavy atom. The molecule has 0 aliphatic rings. The van der Waals surface area contributed by atoms with Gasteiger partial charge in [0, 0.05) is 0 Å². The van der Waals surface area contributed by atoms with Crippen LogP contribution in [-0.4, -0.2) is 0 Å². The fourth-order valence-electron chi connectivity index (χ4n) is 0.0119. The van der Waals surface area contributed by atoms with E-state index in [2.05, 4.69) is 29.5 Å². The van der Waals surface area contributed by atoms with Gasteiger partial charge in [-0.15, -0.1) is 0 Å². The molecule has 3 nitrogen and oxygen atoms in total. The Morgan fingerprint density at radius 2 is 1.10 bits per heavy atom. The third kappa shape index (κ3) is 4.26. The van der Waals surface area contributed by atoms with Gasteiger partial charge >= 0.3 is 79.3 Å². The van der Waals surface area contributed by atoms with Crippen LogP contribution >= 0.6 is 61.0 Å². The molecule has 0 rings (SSSR count). The quantitative estimate of drug-likeness (QED) is 0.726. The first-order valence-corrected chi connectivity index (χ1v) is 12.8. The molecule has 0 spiro atoms. The summed E-state index contributed by atoms with van der Waals surface area (Å²) in [5.74, 6) is 0. The fraction of sp³-hybridized carbons (Fsp3) is 0. The standard InChI is InChI=1S/2ClO.4ClH.O.Ti/c2*1-2;;;;;;/h;;4*1H;;/q2*-1;;;;;;+6/p-4. The summed E-state index contributed by atoms with van der Waals surface area (Å²) < 4.78 is 18.0. The van der Waals surface area contributed by atoms with E-state index < -0.39 is 9.24 Å². The molecule has 0 aliphatic heterocycles. The summed E-state index contributed by atoms with van der Waals surface area (Å²) in [7, 11) is 11.9. The van der Waals surface area contributed by atoms with E-state index in [4.69, 9.17) is 37.2 Å². The van der Waals surface area contributed by atoms with Crippen LogP contribution in [0.3, 0.4) is 0 Å². The van der Waals surface area contributed by atoms with Gasteiger partial charge in [0.1, 0.15) is 0 Å². The van der Waals surface area contributed by atoms with Crippen molar-refractivity contribution in [1.29, 1.82) is 0 Å². The van der Waals surface area contributed by atoms with E-state index in [1.54, 1.807) is 0 Å². The molecule has 0 aromatic carbocycles. The van der Waals surface area contributed by atoms with Crippen molar-refractivity contribution in [3.8, 4) is 0 Å². The molecule has 0 heterocycles. The molecule has 0 unspecified atom stereocenters.